The molecule has 0 spiro atoms. The van der Waals surface area contributed by atoms with Crippen LogP contribution >= 0.6 is 0 Å². The SMILES string of the molecule is CN(Cc1nc(C(F)(F)F)cn1CN(C)C1CCc2ccccc21)C1CCc2ccccc21. The third kappa shape index (κ3) is 4.32. The predicted octanol–water partition coefficient (Wildman–Crippen LogP) is 5.60. The van der Waals surface area contributed by atoms with Crippen molar-refractivity contribution in [2.24, 2.45) is 0 Å². The summed E-state index contributed by atoms with van der Waals surface area (Å²) in [5.41, 5.74) is 4.38. The zero-order valence-electron chi connectivity index (χ0n) is 19.0. The predicted molar refractivity (Wildman–Crippen MR) is 121 cm³/mol. The van der Waals surface area contributed by atoms with Crippen LogP contribution < -0.4 is 0 Å². The number of aryl methyl sites for hydroxylation is 2. The second-order valence-corrected chi connectivity index (χ2v) is 9.33. The lowest BCUT2D eigenvalue weighted by molar-refractivity contribution is -0.141. The van der Waals surface area contributed by atoms with Crippen molar-refractivity contribution in [2.75, 3.05) is 14.1 Å². The normalized spacial score (nSPS) is 20.0. The number of benzene rings is 2. The summed E-state index contributed by atoms with van der Waals surface area (Å²) in [5.74, 6) is 0.451. The summed E-state index contributed by atoms with van der Waals surface area (Å²) in [6, 6.07) is 17.1. The number of alkyl halides is 3. The van der Waals surface area contributed by atoms with Crippen LogP contribution in [0.15, 0.2) is 54.7 Å². The number of halogens is 3. The number of imidazole rings is 1. The summed E-state index contributed by atoms with van der Waals surface area (Å²) < 4.78 is 42.3. The summed E-state index contributed by atoms with van der Waals surface area (Å²) in [5, 5.41) is 0. The molecule has 2 aromatic carbocycles. The highest BCUT2D eigenvalue weighted by molar-refractivity contribution is 5.35. The molecule has 174 valence electrons. The molecule has 0 fully saturated rings. The van der Waals surface area contributed by atoms with Crippen LogP contribution in [0.2, 0.25) is 0 Å². The molecule has 2 aliphatic rings. The third-order valence-corrected chi connectivity index (χ3v) is 7.18. The maximum absolute atomic E-state index is 13.5. The average molecular weight is 455 g/mol. The molecule has 4 nitrogen and oxygen atoms in total. The zero-order chi connectivity index (χ0) is 23.2. The van der Waals surface area contributed by atoms with Gasteiger partial charge in [-0.15, -0.1) is 0 Å². The monoisotopic (exact) mass is 454 g/mol. The first-order chi connectivity index (χ1) is 15.8. The van der Waals surface area contributed by atoms with E-state index in [-0.39, 0.29) is 12.1 Å². The summed E-state index contributed by atoms with van der Waals surface area (Å²) in [6.07, 6.45) is 0.656. The van der Waals surface area contributed by atoms with Crippen molar-refractivity contribution in [3.8, 4) is 0 Å². The van der Waals surface area contributed by atoms with Crippen molar-refractivity contribution in [3.63, 3.8) is 0 Å². The van der Waals surface area contributed by atoms with Crippen molar-refractivity contribution >= 4 is 0 Å². The molecule has 1 aromatic heterocycles. The van der Waals surface area contributed by atoms with Gasteiger partial charge in [0.1, 0.15) is 5.82 Å². The van der Waals surface area contributed by atoms with E-state index < -0.39 is 11.9 Å². The van der Waals surface area contributed by atoms with Crippen LogP contribution in [0.5, 0.6) is 0 Å². The number of rotatable bonds is 6. The summed E-state index contributed by atoms with van der Waals surface area (Å²) in [4.78, 5) is 8.32. The topological polar surface area (TPSA) is 24.3 Å². The maximum atomic E-state index is 13.5. The lowest BCUT2D eigenvalue weighted by atomic mass is 10.1. The van der Waals surface area contributed by atoms with Crippen molar-refractivity contribution < 1.29 is 13.2 Å². The Hall–Kier alpha value is -2.64. The lowest BCUT2D eigenvalue weighted by Gasteiger charge is -2.28. The van der Waals surface area contributed by atoms with Crippen LogP contribution in [0.3, 0.4) is 0 Å². The minimum absolute atomic E-state index is 0.195. The molecule has 33 heavy (non-hydrogen) atoms. The van der Waals surface area contributed by atoms with Crippen LogP contribution in [-0.4, -0.2) is 33.4 Å². The highest BCUT2D eigenvalue weighted by Gasteiger charge is 2.36. The van der Waals surface area contributed by atoms with Gasteiger partial charge in [0.25, 0.3) is 0 Å². The van der Waals surface area contributed by atoms with Crippen molar-refractivity contribution in [2.45, 2.75) is 57.2 Å². The summed E-state index contributed by atoms with van der Waals surface area (Å²) >= 11 is 0. The first kappa shape index (κ1) is 22.2. The molecule has 0 radical (unpaired) electrons. The largest absolute Gasteiger partial charge is 0.434 e. The van der Waals surface area contributed by atoms with Gasteiger partial charge in [-0.25, -0.2) is 4.98 Å². The molecule has 5 rings (SSSR count). The molecular formula is C26H29F3N4. The minimum Gasteiger partial charge on any atom is -0.320 e. The third-order valence-electron chi connectivity index (χ3n) is 7.18. The van der Waals surface area contributed by atoms with Crippen LogP contribution in [0, 0.1) is 0 Å². The standard InChI is InChI=1S/C26H29F3N4/c1-31(22-13-11-18-7-3-5-9-20(18)22)16-25-30-24(26(27,28)29)15-33(25)17-32(2)23-14-12-19-8-4-6-10-21(19)23/h3-10,15,22-23H,11-14,16-17H2,1-2H3. The molecule has 1 heterocycles. The Balaban J connectivity index is 1.38. The fourth-order valence-corrected chi connectivity index (χ4v) is 5.50. The summed E-state index contributed by atoms with van der Waals surface area (Å²) in [6.45, 7) is 0.733. The molecule has 0 saturated carbocycles. The van der Waals surface area contributed by atoms with Crippen molar-refractivity contribution in [3.05, 3.63) is 88.5 Å². The van der Waals surface area contributed by atoms with Crippen LogP contribution in [0.4, 0.5) is 13.2 Å². The Kier molecular flexibility index (Phi) is 5.79. The van der Waals surface area contributed by atoms with Gasteiger partial charge < -0.3 is 4.57 Å². The van der Waals surface area contributed by atoms with E-state index in [0.717, 1.165) is 25.7 Å². The first-order valence-electron chi connectivity index (χ1n) is 11.5. The number of nitrogens with zero attached hydrogens (tertiary/aromatic N) is 4. The Morgan fingerprint density at radius 3 is 2.00 bits per heavy atom. The lowest BCUT2D eigenvalue weighted by Crippen LogP contribution is -2.29. The van der Waals surface area contributed by atoms with Crippen molar-refractivity contribution in [1.82, 2.24) is 19.4 Å². The van der Waals surface area contributed by atoms with E-state index in [1.807, 2.05) is 38.4 Å². The molecule has 2 unspecified atom stereocenters. The Morgan fingerprint density at radius 1 is 0.879 bits per heavy atom. The molecule has 0 N–H and O–H groups in total. The Morgan fingerprint density at radius 2 is 1.42 bits per heavy atom. The van der Waals surface area contributed by atoms with Crippen LogP contribution in [0.25, 0.3) is 0 Å². The van der Waals surface area contributed by atoms with Gasteiger partial charge in [-0.3, -0.25) is 9.80 Å². The number of hydrogen-bond acceptors (Lipinski definition) is 3. The minimum atomic E-state index is -4.46. The van der Waals surface area contributed by atoms with E-state index in [1.54, 1.807) is 4.57 Å². The molecule has 3 aromatic rings. The van der Waals surface area contributed by atoms with Gasteiger partial charge in [-0.05, 0) is 62.0 Å². The molecule has 7 heteroatoms. The molecule has 2 atom stereocenters. The number of aromatic nitrogens is 2. The van der Waals surface area contributed by atoms with Gasteiger partial charge in [0.05, 0.1) is 13.2 Å². The molecule has 0 saturated heterocycles. The highest BCUT2D eigenvalue weighted by Crippen LogP contribution is 2.37. The van der Waals surface area contributed by atoms with Gasteiger partial charge in [0.15, 0.2) is 5.69 Å². The average Bonchev–Trinajstić information content (AvgIpc) is 3.50. The van der Waals surface area contributed by atoms with Gasteiger partial charge in [0.2, 0.25) is 0 Å². The highest BCUT2D eigenvalue weighted by atomic mass is 19.4. The van der Waals surface area contributed by atoms with Crippen LogP contribution in [-0.2, 0) is 32.2 Å². The number of fused-ring (bicyclic) bond motifs is 2. The Labute approximate surface area is 192 Å². The van der Waals surface area contributed by atoms with Crippen molar-refractivity contribution in [1.29, 1.82) is 0 Å². The van der Waals surface area contributed by atoms with Crippen LogP contribution in [0.1, 0.15) is 58.7 Å². The zero-order valence-corrected chi connectivity index (χ0v) is 19.0. The molecule has 0 bridgehead atoms. The Bertz CT molecular complexity index is 1060. The number of hydrogen-bond donors (Lipinski definition) is 0. The van der Waals surface area contributed by atoms with E-state index in [0.29, 0.717) is 19.0 Å². The quantitative estimate of drug-likeness (QED) is 0.485. The smallest absolute Gasteiger partial charge is 0.320 e. The van der Waals surface area contributed by atoms with E-state index in [4.69, 9.17) is 0 Å². The fourth-order valence-electron chi connectivity index (χ4n) is 5.50. The second kappa shape index (κ2) is 8.61. The molecule has 0 aliphatic heterocycles. The second-order valence-electron chi connectivity index (χ2n) is 9.33. The van der Waals surface area contributed by atoms with Gasteiger partial charge >= 0.3 is 6.18 Å². The molecule has 0 amide bonds. The summed E-state index contributed by atoms with van der Waals surface area (Å²) in [7, 11) is 3.97. The first-order valence-corrected chi connectivity index (χ1v) is 11.5. The molecule has 2 aliphatic carbocycles. The molecular weight excluding hydrogens is 425 g/mol. The maximum Gasteiger partial charge on any atom is 0.434 e. The van der Waals surface area contributed by atoms with Gasteiger partial charge in [0, 0.05) is 18.3 Å². The van der Waals surface area contributed by atoms with E-state index in [1.165, 1.54) is 28.5 Å². The van der Waals surface area contributed by atoms with E-state index in [9.17, 15) is 13.2 Å². The van der Waals surface area contributed by atoms with E-state index in [2.05, 4.69) is 39.0 Å². The fraction of sp³-hybridized carbons (Fsp3) is 0.423. The van der Waals surface area contributed by atoms with E-state index >= 15 is 0 Å². The van der Waals surface area contributed by atoms with Gasteiger partial charge in [-0.1, -0.05) is 48.5 Å². The van der Waals surface area contributed by atoms with Gasteiger partial charge in [-0.2, -0.15) is 13.2 Å².